The average Bonchev–Trinajstić information content (AvgIpc) is 2.91. The molecule has 0 saturated carbocycles. The fourth-order valence-corrected chi connectivity index (χ4v) is 4.10. The first-order valence-corrected chi connectivity index (χ1v) is 12.8. The molecule has 0 bridgehead atoms. The van der Waals surface area contributed by atoms with Gasteiger partial charge in [0.15, 0.2) is 17.3 Å². The van der Waals surface area contributed by atoms with Crippen molar-refractivity contribution < 1.29 is 28.9 Å². The van der Waals surface area contributed by atoms with Gasteiger partial charge in [0, 0.05) is 24.9 Å². The zero-order chi connectivity index (χ0) is 25.8. The van der Waals surface area contributed by atoms with Gasteiger partial charge in [-0.25, -0.2) is 0 Å². The van der Waals surface area contributed by atoms with Crippen LogP contribution in [0.4, 0.5) is 0 Å². The van der Waals surface area contributed by atoms with Crippen LogP contribution < -0.4 is 24.8 Å². The van der Waals surface area contributed by atoms with Crippen molar-refractivity contribution in [1.82, 2.24) is 10.6 Å². The van der Waals surface area contributed by atoms with E-state index < -0.39 is 12.1 Å². The molecule has 0 radical (unpaired) electrons. The molecule has 2 atom stereocenters. The molecule has 2 aromatic carbocycles. The summed E-state index contributed by atoms with van der Waals surface area (Å²) in [5.74, 6) is 1.96. The van der Waals surface area contributed by atoms with Gasteiger partial charge >= 0.3 is 0 Å². The first kappa shape index (κ1) is 27.5. The molecule has 8 heteroatoms. The summed E-state index contributed by atoms with van der Waals surface area (Å²) in [6, 6.07) is 12.0. The van der Waals surface area contributed by atoms with E-state index in [-0.39, 0.29) is 11.7 Å². The van der Waals surface area contributed by atoms with Gasteiger partial charge < -0.3 is 30.0 Å². The van der Waals surface area contributed by atoms with Crippen molar-refractivity contribution in [2.24, 2.45) is 0 Å². The molecule has 0 aromatic heterocycles. The monoisotopic (exact) mass is 498 g/mol. The number of hydrogen-bond acceptors (Lipinski definition) is 7. The average molecular weight is 499 g/mol. The highest BCUT2D eigenvalue weighted by molar-refractivity contribution is 5.96. The number of amides is 1. The zero-order valence-corrected chi connectivity index (χ0v) is 21.3. The third-order valence-electron chi connectivity index (χ3n) is 6.15. The second kappa shape index (κ2) is 14.5. The Hall–Kier alpha value is -3.10. The number of benzene rings is 2. The van der Waals surface area contributed by atoms with Crippen molar-refractivity contribution in [2.45, 2.75) is 57.6 Å². The molecular formula is C28H38N2O6. The van der Waals surface area contributed by atoms with Crippen LogP contribution in [0.3, 0.4) is 0 Å². The fraction of sp³-hybridized carbons (Fsp3) is 0.500. The van der Waals surface area contributed by atoms with Crippen LogP contribution in [0.2, 0.25) is 0 Å². The van der Waals surface area contributed by atoms with E-state index in [1.54, 1.807) is 49.6 Å². The van der Waals surface area contributed by atoms with E-state index in [2.05, 4.69) is 17.6 Å². The number of ether oxygens (including phenoxy) is 3. The number of fused-ring (bicyclic) bond motifs is 1. The summed E-state index contributed by atoms with van der Waals surface area (Å²) in [5.41, 5.74) is 1.34. The van der Waals surface area contributed by atoms with Crippen LogP contribution in [0.15, 0.2) is 42.5 Å². The zero-order valence-electron chi connectivity index (χ0n) is 21.3. The molecular weight excluding hydrogens is 460 g/mol. The van der Waals surface area contributed by atoms with Crippen LogP contribution >= 0.6 is 0 Å². The Morgan fingerprint density at radius 1 is 1.00 bits per heavy atom. The van der Waals surface area contributed by atoms with E-state index in [0.29, 0.717) is 61.6 Å². The smallest absolute Gasteiger partial charge is 0.220 e. The van der Waals surface area contributed by atoms with Crippen molar-refractivity contribution in [3.05, 3.63) is 53.6 Å². The molecule has 1 unspecified atom stereocenters. The molecule has 1 amide bonds. The molecule has 36 heavy (non-hydrogen) atoms. The summed E-state index contributed by atoms with van der Waals surface area (Å²) >= 11 is 0. The molecule has 8 nitrogen and oxygen atoms in total. The molecule has 2 aromatic rings. The van der Waals surface area contributed by atoms with Gasteiger partial charge in [-0.15, -0.1) is 0 Å². The normalized spacial score (nSPS) is 14.1. The first-order chi connectivity index (χ1) is 17.5. The van der Waals surface area contributed by atoms with Crippen LogP contribution in [0.1, 0.15) is 67.5 Å². The molecule has 3 rings (SSSR count). The Labute approximate surface area is 213 Å². The lowest BCUT2D eigenvalue weighted by Crippen LogP contribution is -2.46. The highest BCUT2D eigenvalue weighted by Crippen LogP contribution is 2.33. The second-order valence-electron chi connectivity index (χ2n) is 8.94. The van der Waals surface area contributed by atoms with Gasteiger partial charge in [0.2, 0.25) is 5.91 Å². The van der Waals surface area contributed by atoms with Crippen LogP contribution in [0.5, 0.6) is 17.2 Å². The SMILES string of the molecule is CCCNC[C@@H](NC(=O)CCCCCC(=O)c1ccc(OC)cc1)C(O)c1ccc2c(c1)OCCO2. The number of nitrogens with one attached hydrogen (secondary N) is 2. The third kappa shape index (κ3) is 8.24. The Morgan fingerprint density at radius 2 is 1.72 bits per heavy atom. The van der Waals surface area contributed by atoms with Crippen molar-refractivity contribution in [2.75, 3.05) is 33.4 Å². The van der Waals surface area contributed by atoms with E-state index in [4.69, 9.17) is 14.2 Å². The molecule has 0 saturated heterocycles. The van der Waals surface area contributed by atoms with Crippen molar-refractivity contribution in [3.8, 4) is 17.2 Å². The molecule has 1 heterocycles. The van der Waals surface area contributed by atoms with Crippen molar-refractivity contribution in [3.63, 3.8) is 0 Å². The van der Waals surface area contributed by atoms with Gasteiger partial charge in [-0.2, -0.15) is 0 Å². The van der Waals surface area contributed by atoms with Gasteiger partial charge in [-0.3, -0.25) is 9.59 Å². The standard InChI is InChI=1S/C28H38N2O6/c1-3-15-29-19-23(28(33)21-11-14-25-26(18-21)36-17-16-35-25)30-27(32)8-6-4-5-7-24(31)20-9-12-22(34-2)13-10-20/h9-14,18,23,28-29,33H,3-8,15-17,19H2,1-2H3,(H,30,32)/t23-,28?/m1/s1. The van der Waals surface area contributed by atoms with Gasteiger partial charge in [-0.05, 0) is 67.8 Å². The quantitative estimate of drug-likeness (QED) is 0.253. The maximum atomic E-state index is 12.7. The number of methoxy groups -OCH3 is 1. The number of carbonyl (C=O) groups excluding carboxylic acids is 2. The number of aliphatic hydroxyl groups is 1. The Morgan fingerprint density at radius 3 is 2.44 bits per heavy atom. The third-order valence-corrected chi connectivity index (χ3v) is 6.15. The van der Waals surface area contributed by atoms with Gasteiger partial charge in [-0.1, -0.05) is 19.4 Å². The van der Waals surface area contributed by atoms with E-state index in [1.807, 2.05) is 0 Å². The minimum atomic E-state index is -0.892. The summed E-state index contributed by atoms with van der Waals surface area (Å²) in [6.07, 6.45) is 3.02. The predicted octanol–water partition coefficient (Wildman–Crippen LogP) is 3.82. The molecule has 1 aliphatic heterocycles. The lowest BCUT2D eigenvalue weighted by Gasteiger charge is -2.26. The topological polar surface area (TPSA) is 106 Å². The van der Waals surface area contributed by atoms with E-state index in [9.17, 15) is 14.7 Å². The lowest BCUT2D eigenvalue weighted by atomic mass is 10.0. The number of rotatable bonds is 15. The number of hydrogen-bond donors (Lipinski definition) is 3. The van der Waals surface area contributed by atoms with Gasteiger partial charge in [0.1, 0.15) is 25.1 Å². The summed E-state index contributed by atoms with van der Waals surface area (Å²) in [5, 5.41) is 17.3. The maximum absolute atomic E-state index is 12.7. The van der Waals surface area contributed by atoms with Crippen LogP contribution in [-0.4, -0.2) is 56.3 Å². The van der Waals surface area contributed by atoms with E-state index >= 15 is 0 Å². The second-order valence-corrected chi connectivity index (χ2v) is 8.94. The largest absolute Gasteiger partial charge is 0.497 e. The van der Waals surface area contributed by atoms with Crippen LogP contribution in [-0.2, 0) is 4.79 Å². The number of aliphatic hydroxyl groups excluding tert-OH is 1. The summed E-state index contributed by atoms with van der Waals surface area (Å²) in [7, 11) is 1.59. The van der Waals surface area contributed by atoms with E-state index in [0.717, 1.165) is 31.6 Å². The number of carbonyl (C=O) groups is 2. The molecule has 196 valence electrons. The summed E-state index contributed by atoms with van der Waals surface area (Å²) in [4.78, 5) is 25.0. The highest BCUT2D eigenvalue weighted by Gasteiger charge is 2.24. The predicted molar refractivity (Wildman–Crippen MR) is 138 cm³/mol. The minimum absolute atomic E-state index is 0.0896. The van der Waals surface area contributed by atoms with E-state index in [1.165, 1.54) is 0 Å². The number of Topliss-reactive ketones (excluding diaryl/α,β-unsaturated/α-hetero) is 1. The first-order valence-electron chi connectivity index (χ1n) is 12.8. The Balaban J connectivity index is 1.45. The molecule has 0 spiro atoms. The molecule has 0 fully saturated rings. The van der Waals surface area contributed by atoms with Crippen molar-refractivity contribution >= 4 is 11.7 Å². The lowest BCUT2D eigenvalue weighted by molar-refractivity contribution is -0.122. The number of unbranched alkanes of at least 4 members (excludes halogenated alkanes) is 2. The van der Waals surface area contributed by atoms with Crippen LogP contribution in [0.25, 0.3) is 0 Å². The molecule has 1 aliphatic rings. The Bertz CT molecular complexity index is 979. The van der Waals surface area contributed by atoms with Crippen molar-refractivity contribution in [1.29, 1.82) is 0 Å². The summed E-state index contributed by atoms with van der Waals surface area (Å²) in [6.45, 7) is 4.28. The molecule has 3 N–H and O–H groups in total. The van der Waals surface area contributed by atoms with Gasteiger partial charge in [0.25, 0.3) is 0 Å². The summed E-state index contributed by atoms with van der Waals surface area (Å²) < 4.78 is 16.3. The molecule has 0 aliphatic carbocycles. The fourth-order valence-electron chi connectivity index (χ4n) is 4.10. The Kier molecular flexibility index (Phi) is 11.0. The van der Waals surface area contributed by atoms with Crippen LogP contribution in [0, 0.1) is 0 Å². The highest BCUT2D eigenvalue weighted by atomic mass is 16.6. The number of ketones is 1. The van der Waals surface area contributed by atoms with Gasteiger partial charge in [0.05, 0.1) is 13.2 Å². The maximum Gasteiger partial charge on any atom is 0.220 e. The minimum Gasteiger partial charge on any atom is -0.497 e.